The second-order valence-electron chi connectivity index (χ2n) is 4.74. The summed E-state index contributed by atoms with van der Waals surface area (Å²) in [5.74, 6) is -0.244. The van der Waals surface area contributed by atoms with E-state index in [1.807, 2.05) is 30.3 Å². The molecule has 1 aliphatic rings. The number of nitrogens with one attached hydrogen (secondary N) is 1. The molecule has 2 heterocycles. The minimum Gasteiger partial charge on any atom is -0.322 e. The Labute approximate surface area is 116 Å². The van der Waals surface area contributed by atoms with Gasteiger partial charge in [0.1, 0.15) is 6.04 Å². The first-order valence-corrected chi connectivity index (χ1v) is 6.29. The first kappa shape index (κ1) is 12.4. The fraction of sp³-hybridized carbons (Fsp3) is 0.214. The summed E-state index contributed by atoms with van der Waals surface area (Å²) in [6.07, 6.45) is 3.32. The summed E-state index contributed by atoms with van der Waals surface area (Å²) in [6, 6.07) is 8.43. The minimum atomic E-state index is -0.639. The Morgan fingerprint density at radius 3 is 2.65 bits per heavy atom. The third kappa shape index (κ3) is 2.16. The van der Waals surface area contributed by atoms with Gasteiger partial charge in [-0.25, -0.2) is 4.79 Å². The number of aromatic nitrogens is 2. The van der Waals surface area contributed by atoms with Crippen molar-refractivity contribution >= 4 is 11.9 Å². The predicted molar refractivity (Wildman–Crippen MR) is 71.5 cm³/mol. The Kier molecular flexibility index (Phi) is 2.98. The summed E-state index contributed by atoms with van der Waals surface area (Å²) in [5, 5.41) is 6.71. The molecule has 0 radical (unpaired) electrons. The fourth-order valence-electron chi connectivity index (χ4n) is 2.25. The van der Waals surface area contributed by atoms with Gasteiger partial charge in [-0.2, -0.15) is 5.10 Å². The standard InChI is InChI=1S/C14H14N4O2/c1-17-9-11(7-15-17)12-13(19)18(14(20)16-12)8-10-5-3-2-4-6-10/h2-7,9,12H,8H2,1H3,(H,16,20). The lowest BCUT2D eigenvalue weighted by atomic mass is 10.1. The van der Waals surface area contributed by atoms with E-state index in [4.69, 9.17) is 0 Å². The van der Waals surface area contributed by atoms with Gasteiger partial charge in [0, 0.05) is 18.8 Å². The molecule has 0 bridgehead atoms. The van der Waals surface area contributed by atoms with Gasteiger partial charge in [0.2, 0.25) is 0 Å². The van der Waals surface area contributed by atoms with Gasteiger partial charge >= 0.3 is 6.03 Å². The number of rotatable bonds is 3. The average molecular weight is 270 g/mol. The van der Waals surface area contributed by atoms with Crippen molar-refractivity contribution in [1.82, 2.24) is 20.0 Å². The maximum Gasteiger partial charge on any atom is 0.325 e. The van der Waals surface area contributed by atoms with Crippen LogP contribution in [-0.4, -0.2) is 26.6 Å². The van der Waals surface area contributed by atoms with Crippen LogP contribution in [0.2, 0.25) is 0 Å². The molecule has 6 nitrogen and oxygen atoms in total. The van der Waals surface area contributed by atoms with Crippen molar-refractivity contribution in [2.75, 3.05) is 0 Å². The third-order valence-electron chi connectivity index (χ3n) is 3.27. The first-order chi connectivity index (χ1) is 9.65. The molecule has 0 spiro atoms. The maximum absolute atomic E-state index is 12.3. The van der Waals surface area contributed by atoms with Crippen molar-refractivity contribution in [1.29, 1.82) is 0 Å². The zero-order valence-corrected chi connectivity index (χ0v) is 11.0. The molecule has 1 aromatic heterocycles. The van der Waals surface area contributed by atoms with Crippen molar-refractivity contribution in [2.45, 2.75) is 12.6 Å². The van der Waals surface area contributed by atoms with Gasteiger partial charge < -0.3 is 5.32 Å². The predicted octanol–water partition coefficient (Wildman–Crippen LogP) is 1.21. The van der Waals surface area contributed by atoms with Crippen molar-refractivity contribution in [3.63, 3.8) is 0 Å². The average Bonchev–Trinajstić information content (AvgIpc) is 2.98. The van der Waals surface area contributed by atoms with Crippen LogP contribution >= 0.6 is 0 Å². The smallest absolute Gasteiger partial charge is 0.322 e. The van der Waals surface area contributed by atoms with Gasteiger partial charge in [0.25, 0.3) is 5.91 Å². The summed E-state index contributed by atoms with van der Waals surface area (Å²) < 4.78 is 1.61. The van der Waals surface area contributed by atoms with Crippen molar-refractivity contribution < 1.29 is 9.59 Å². The molecule has 0 saturated carbocycles. The van der Waals surface area contributed by atoms with E-state index in [0.717, 1.165) is 5.56 Å². The molecular formula is C14H14N4O2. The number of urea groups is 1. The van der Waals surface area contributed by atoms with E-state index in [-0.39, 0.29) is 18.5 Å². The normalized spacial score (nSPS) is 18.4. The minimum absolute atomic E-state index is 0.244. The number of nitrogens with zero attached hydrogens (tertiary/aromatic N) is 3. The van der Waals surface area contributed by atoms with Gasteiger partial charge in [-0.15, -0.1) is 0 Å². The van der Waals surface area contributed by atoms with Crippen molar-refractivity contribution in [3.05, 3.63) is 53.9 Å². The van der Waals surface area contributed by atoms with E-state index in [2.05, 4.69) is 10.4 Å². The van der Waals surface area contributed by atoms with E-state index < -0.39 is 6.04 Å². The highest BCUT2D eigenvalue weighted by Gasteiger charge is 2.39. The van der Waals surface area contributed by atoms with Gasteiger partial charge in [-0.05, 0) is 5.56 Å². The van der Waals surface area contributed by atoms with Crippen LogP contribution in [0, 0.1) is 0 Å². The Morgan fingerprint density at radius 2 is 2.00 bits per heavy atom. The highest BCUT2D eigenvalue weighted by molar-refractivity contribution is 6.04. The van der Waals surface area contributed by atoms with E-state index >= 15 is 0 Å². The molecule has 1 atom stereocenters. The maximum atomic E-state index is 12.3. The highest BCUT2D eigenvalue weighted by Crippen LogP contribution is 2.22. The number of hydrogen-bond donors (Lipinski definition) is 1. The van der Waals surface area contributed by atoms with Gasteiger partial charge in [0.15, 0.2) is 0 Å². The lowest BCUT2D eigenvalue weighted by Gasteiger charge is -2.12. The number of aryl methyl sites for hydroxylation is 1. The Morgan fingerprint density at radius 1 is 1.25 bits per heavy atom. The van der Waals surface area contributed by atoms with Crippen LogP contribution < -0.4 is 5.32 Å². The molecule has 0 aliphatic carbocycles. The molecule has 102 valence electrons. The lowest BCUT2D eigenvalue weighted by molar-refractivity contribution is -0.128. The SMILES string of the molecule is Cn1cc(C2NC(=O)N(Cc3ccccc3)C2=O)cn1. The summed E-state index contributed by atoms with van der Waals surface area (Å²) in [7, 11) is 1.77. The van der Waals surface area contributed by atoms with Gasteiger partial charge in [-0.3, -0.25) is 14.4 Å². The number of carbonyl (C=O) groups is 2. The molecule has 2 aromatic rings. The van der Waals surface area contributed by atoms with Crippen LogP contribution in [0.4, 0.5) is 4.79 Å². The molecule has 6 heteroatoms. The van der Waals surface area contributed by atoms with E-state index in [9.17, 15) is 9.59 Å². The Hall–Kier alpha value is -2.63. The zero-order valence-electron chi connectivity index (χ0n) is 11.0. The summed E-state index contributed by atoms with van der Waals surface area (Å²) >= 11 is 0. The van der Waals surface area contributed by atoms with Crippen molar-refractivity contribution in [3.8, 4) is 0 Å². The Balaban J connectivity index is 1.80. The third-order valence-corrected chi connectivity index (χ3v) is 3.27. The van der Waals surface area contributed by atoms with Crippen LogP contribution in [0.15, 0.2) is 42.7 Å². The summed E-state index contributed by atoms with van der Waals surface area (Å²) in [5.41, 5.74) is 1.62. The van der Waals surface area contributed by atoms with Crippen LogP contribution in [0.25, 0.3) is 0 Å². The number of amides is 3. The zero-order chi connectivity index (χ0) is 14.1. The molecule has 3 amide bonds. The molecule has 1 fully saturated rings. The van der Waals surface area contributed by atoms with Gasteiger partial charge in [-0.1, -0.05) is 30.3 Å². The largest absolute Gasteiger partial charge is 0.325 e. The second kappa shape index (κ2) is 4.80. The summed E-state index contributed by atoms with van der Waals surface area (Å²) in [4.78, 5) is 25.5. The number of carbonyl (C=O) groups excluding carboxylic acids is 2. The molecule has 1 unspecified atom stereocenters. The number of imide groups is 1. The van der Waals surface area contributed by atoms with Crippen LogP contribution in [0.5, 0.6) is 0 Å². The molecule has 1 saturated heterocycles. The highest BCUT2D eigenvalue weighted by atomic mass is 16.2. The van der Waals surface area contributed by atoms with E-state index in [1.165, 1.54) is 4.90 Å². The monoisotopic (exact) mass is 270 g/mol. The fourth-order valence-corrected chi connectivity index (χ4v) is 2.25. The topological polar surface area (TPSA) is 67.2 Å². The van der Waals surface area contributed by atoms with Crippen molar-refractivity contribution in [2.24, 2.45) is 7.05 Å². The molecule has 3 rings (SSSR count). The summed E-state index contributed by atoms with van der Waals surface area (Å²) in [6.45, 7) is 0.280. The van der Waals surface area contributed by atoms with Crippen LogP contribution in [0.1, 0.15) is 17.2 Å². The number of benzene rings is 1. The molecule has 1 aromatic carbocycles. The van der Waals surface area contributed by atoms with Crippen LogP contribution in [-0.2, 0) is 18.4 Å². The van der Waals surface area contributed by atoms with Gasteiger partial charge in [0.05, 0.1) is 12.7 Å². The Bertz CT molecular complexity index is 650. The van der Waals surface area contributed by atoms with E-state index in [1.54, 1.807) is 24.1 Å². The van der Waals surface area contributed by atoms with Crippen LogP contribution in [0.3, 0.4) is 0 Å². The molecule has 1 aliphatic heterocycles. The molecule has 1 N–H and O–H groups in total. The molecule has 20 heavy (non-hydrogen) atoms. The van der Waals surface area contributed by atoms with E-state index in [0.29, 0.717) is 5.56 Å². The second-order valence-corrected chi connectivity index (χ2v) is 4.74. The number of hydrogen-bond acceptors (Lipinski definition) is 3. The lowest BCUT2D eigenvalue weighted by Crippen LogP contribution is -2.30. The first-order valence-electron chi connectivity index (χ1n) is 6.29. The quantitative estimate of drug-likeness (QED) is 0.852. The molecular weight excluding hydrogens is 256 g/mol.